The van der Waals surface area contributed by atoms with Crippen LogP contribution in [0.3, 0.4) is 0 Å². The van der Waals surface area contributed by atoms with E-state index in [9.17, 15) is 14.4 Å². The maximum absolute atomic E-state index is 11.4. The number of allylic oxidation sites excluding steroid dienone is 1. The molecule has 0 amide bonds. The minimum absolute atomic E-state index is 0.117. The lowest BCUT2D eigenvalue weighted by Crippen LogP contribution is -2.09. The average Bonchev–Trinajstić information content (AvgIpc) is 2.39. The van der Waals surface area contributed by atoms with Crippen LogP contribution in [0.15, 0.2) is 24.8 Å². The van der Waals surface area contributed by atoms with Gasteiger partial charge in [-0.05, 0) is 39.2 Å². The second kappa shape index (κ2) is 11.0. The summed E-state index contributed by atoms with van der Waals surface area (Å²) in [5.41, 5.74) is 0. The third kappa shape index (κ3) is 11.2. The molecule has 5 nitrogen and oxygen atoms in total. The first-order chi connectivity index (χ1) is 9.45. The lowest BCUT2D eigenvalue weighted by molar-refractivity contribution is -0.141. The van der Waals surface area contributed by atoms with Crippen molar-refractivity contribution in [3.05, 3.63) is 24.8 Å². The van der Waals surface area contributed by atoms with Crippen molar-refractivity contribution in [2.24, 2.45) is 0 Å². The molecule has 0 aromatic carbocycles. The summed E-state index contributed by atoms with van der Waals surface area (Å²) in [6, 6.07) is 0. The van der Waals surface area contributed by atoms with E-state index in [0.717, 1.165) is 18.6 Å². The van der Waals surface area contributed by atoms with Gasteiger partial charge in [-0.3, -0.25) is 4.79 Å². The van der Waals surface area contributed by atoms with Gasteiger partial charge in [-0.25, -0.2) is 9.59 Å². The van der Waals surface area contributed by atoms with E-state index >= 15 is 0 Å². The molecule has 0 atom stereocenters. The molecular formula is C15H22O5. The van der Waals surface area contributed by atoms with E-state index in [2.05, 4.69) is 6.58 Å². The summed E-state index contributed by atoms with van der Waals surface area (Å²) in [6.45, 7) is 7.10. The number of rotatable bonds is 10. The Labute approximate surface area is 119 Å². The zero-order valence-corrected chi connectivity index (χ0v) is 12.1. The van der Waals surface area contributed by atoms with E-state index in [1.165, 1.54) is 6.08 Å². The van der Waals surface area contributed by atoms with Crippen LogP contribution in [0, 0.1) is 0 Å². The first-order valence-electron chi connectivity index (χ1n) is 6.66. The van der Waals surface area contributed by atoms with E-state index in [1.54, 1.807) is 13.8 Å². The van der Waals surface area contributed by atoms with E-state index < -0.39 is 11.9 Å². The van der Waals surface area contributed by atoms with Gasteiger partial charge in [0.25, 0.3) is 0 Å². The van der Waals surface area contributed by atoms with Gasteiger partial charge in [0, 0.05) is 18.6 Å². The van der Waals surface area contributed by atoms with Crippen LogP contribution in [0.25, 0.3) is 0 Å². The fraction of sp³-hybridized carbons (Fsp3) is 0.533. The van der Waals surface area contributed by atoms with Gasteiger partial charge in [-0.2, -0.15) is 0 Å². The van der Waals surface area contributed by atoms with Gasteiger partial charge in [0.15, 0.2) is 5.78 Å². The molecule has 112 valence electrons. The number of carbonyl (C=O) groups is 3. The number of carbonyl (C=O) groups excluding carboxylic acids is 3. The average molecular weight is 282 g/mol. The van der Waals surface area contributed by atoms with Crippen molar-refractivity contribution in [1.29, 1.82) is 0 Å². The molecule has 0 spiro atoms. The van der Waals surface area contributed by atoms with E-state index in [4.69, 9.17) is 9.47 Å². The number of hydrogen-bond donors (Lipinski definition) is 0. The van der Waals surface area contributed by atoms with Crippen LogP contribution < -0.4 is 0 Å². The Morgan fingerprint density at radius 1 is 1.05 bits per heavy atom. The Kier molecular flexibility index (Phi) is 9.92. The Morgan fingerprint density at radius 3 is 2.35 bits per heavy atom. The highest BCUT2D eigenvalue weighted by atomic mass is 16.5. The van der Waals surface area contributed by atoms with Crippen molar-refractivity contribution in [2.75, 3.05) is 6.61 Å². The number of unbranched alkanes of at least 4 members (excludes halogenated alkanes) is 2. The molecule has 0 aromatic rings. The molecule has 0 heterocycles. The Morgan fingerprint density at radius 2 is 1.75 bits per heavy atom. The van der Waals surface area contributed by atoms with Gasteiger partial charge in [-0.15, -0.1) is 0 Å². The van der Waals surface area contributed by atoms with E-state index in [1.807, 2.05) is 0 Å². The third-order valence-corrected chi connectivity index (χ3v) is 2.24. The molecule has 0 saturated carbocycles. The van der Waals surface area contributed by atoms with Gasteiger partial charge in [-0.1, -0.05) is 6.58 Å². The molecule has 5 heteroatoms. The molecule has 0 rings (SSSR count). The topological polar surface area (TPSA) is 69.7 Å². The highest BCUT2D eigenvalue weighted by Gasteiger charge is 2.02. The number of ether oxygens (including phenoxy) is 2. The second-order valence-corrected chi connectivity index (χ2v) is 4.47. The summed E-state index contributed by atoms with van der Waals surface area (Å²) < 4.78 is 9.65. The standard InChI is InChI=1S/C15H22O5/c1-4-14(17)19-11-7-5-6-8-13(16)9-10-15(18)20-12(2)3/h4,9-10,12H,1,5-8,11H2,2-3H3/b10-9+. The summed E-state index contributed by atoms with van der Waals surface area (Å²) in [4.78, 5) is 33.3. The van der Waals surface area contributed by atoms with Gasteiger partial charge in [0.1, 0.15) is 0 Å². The molecule has 0 aliphatic carbocycles. The minimum Gasteiger partial charge on any atom is -0.463 e. The zero-order chi connectivity index (χ0) is 15.4. The molecule has 0 aromatic heterocycles. The molecular weight excluding hydrogens is 260 g/mol. The third-order valence-electron chi connectivity index (χ3n) is 2.24. The fourth-order valence-electron chi connectivity index (χ4n) is 1.33. The van der Waals surface area contributed by atoms with Crippen molar-refractivity contribution in [3.8, 4) is 0 Å². The molecule has 0 saturated heterocycles. The van der Waals surface area contributed by atoms with Gasteiger partial charge in [0.05, 0.1) is 12.7 Å². The van der Waals surface area contributed by atoms with Crippen LogP contribution in [0.2, 0.25) is 0 Å². The summed E-state index contributed by atoms with van der Waals surface area (Å²) in [7, 11) is 0. The monoisotopic (exact) mass is 282 g/mol. The van der Waals surface area contributed by atoms with Gasteiger partial charge in [0.2, 0.25) is 0 Å². The van der Waals surface area contributed by atoms with Gasteiger partial charge >= 0.3 is 11.9 Å². The lowest BCUT2D eigenvalue weighted by Gasteiger charge is -2.03. The molecule has 0 aliphatic rings. The van der Waals surface area contributed by atoms with Crippen LogP contribution in [-0.2, 0) is 23.9 Å². The molecule has 0 aliphatic heterocycles. The minimum atomic E-state index is -0.510. The summed E-state index contributed by atoms with van der Waals surface area (Å²) in [5, 5.41) is 0. The van der Waals surface area contributed by atoms with E-state index in [0.29, 0.717) is 25.9 Å². The maximum atomic E-state index is 11.4. The normalized spacial score (nSPS) is 10.6. The van der Waals surface area contributed by atoms with Crippen LogP contribution in [-0.4, -0.2) is 30.4 Å². The molecule has 0 unspecified atom stereocenters. The van der Waals surface area contributed by atoms with E-state index in [-0.39, 0.29) is 11.9 Å². The largest absolute Gasteiger partial charge is 0.463 e. The van der Waals surface area contributed by atoms with Gasteiger partial charge < -0.3 is 9.47 Å². The first kappa shape index (κ1) is 18.1. The van der Waals surface area contributed by atoms with Crippen LogP contribution in [0.4, 0.5) is 0 Å². The molecule has 0 bridgehead atoms. The molecule has 0 N–H and O–H groups in total. The molecule has 0 radical (unpaired) electrons. The maximum Gasteiger partial charge on any atom is 0.331 e. The quantitative estimate of drug-likeness (QED) is 0.349. The van der Waals surface area contributed by atoms with Crippen molar-refractivity contribution in [2.45, 2.75) is 45.6 Å². The number of ketones is 1. The van der Waals surface area contributed by atoms with Crippen LogP contribution in [0.5, 0.6) is 0 Å². The van der Waals surface area contributed by atoms with Crippen LogP contribution in [0.1, 0.15) is 39.5 Å². The summed E-state index contributed by atoms with van der Waals surface area (Å²) >= 11 is 0. The lowest BCUT2D eigenvalue weighted by atomic mass is 10.1. The molecule has 0 fully saturated rings. The molecule has 20 heavy (non-hydrogen) atoms. The number of hydrogen-bond acceptors (Lipinski definition) is 5. The highest BCUT2D eigenvalue weighted by Crippen LogP contribution is 2.02. The zero-order valence-electron chi connectivity index (χ0n) is 12.1. The predicted octanol–water partition coefficient (Wildman–Crippen LogP) is 2.35. The SMILES string of the molecule is C=CC(=O)OCCCCCC(=O)/C=C/C(=O)OC(C)C. The summed E-state index contributed by atoms with van der Waals surface area (Å²) in [6.07, 6.45) is 5.84. The van der Waals surface area contributed by atoms with Crippen molar-refractivity contribution in [3.63, 3.8) is 0 Å². The van der Waals surface area contributed by atoms with Crippen molar-refractivity contribution >= 4 is 17.7 Å². The highest BCUT2D eigenvalue weighted by molar-refractivity contribution is 5.95. The Balaban J connectivity index is 3.63. The predicted molar refractivity (Wildman–Crippen MR) is 75.0 cm³/mol. The first-order valence-corrected chi connectivity index (χ1v) is 6.66. The van der Waals surface area contributed by atoms with Crippen LogP contribution >= 0.6 is 0 Å². The van der Waals surface area contributed by atoms with Crippen molar-refractivity contribution in [1.82, 2.24) is 0 Å². The Bertz CT molecular complexity index is 368. The fourth-order valence-corrected chi connectivity index (χ4v) is 1.33. The number of esters is 2. The van der Waals surface area contributed by atoms with Crippen molar-refractivity contribution < 1.29 is 23.9 Å². The smallest absolute Gasteiger partial charge is 0.331 e. The summed E-state index contributed by atoms with van der Waals surface area (Å²) in [5.74, 6) is -1.06. The Hall–Kier alpha value is -1.91. The second-order valence-electron chi connectivity index (χ2n) is 4.47.